The van der Waals surface area contributed by atoms with Gasteiger partial charge in [-0.1, -0.05) is 18.0 Å². The third kappa shape index (κ3) is 2.72. The van der Waals surface area contributed by atoms with Crippen LogP contribution in [-0.4, -0.2) is 21.9 Å². The van der Waals surface area contributed by atoms with Gasteiger partial charge in [-0.3, -0.25) is 0 Å². The van der Waals surface area contributed by atoms with E-state index in [1.165, 1.54) is 42.5 Å². The van der Waals surface area contributed by atoms with Crippen molar-refractivity contribution in [2.45, 2.75) is 44.9 Å². The zero-order chi connectivity index (χ0) is 13.1. The number of hydrogen-bond donors (Lipinski definition) is 1. The van der Waals surface area contributed by atoms with Crippen LogP contribution in [0.2, 0.25) is 0 Å². The van der Waals surface area contributed by atoms with E-state index in [4.69, 9.17) is 9.63 Å². The SMILES string of the molecule is OCCc1noc(-c2csc3c2CCCCCC3)n1. The van der Waals surface area contributed by atoms with Gasteiger partial charge < -0.3 is 9.63 Å². The van der Waals surface area contributed by atoms with Crippen LogP contribution < -0.4 is 0 Å². The van der Waals surface area contributed by atoms with Gasteiger partial charge in [0.1, 0.15) is 0 Å². The first-order valence-corrected chi connectivity index (χ1v) is 7.79. The Balaban J connectivity index is 1.91. The third-order valence-electron chi connectivity index (χ3n) is 3.60. The molecule has 0 bridgehead atoms. The van der Waals surface area contributed by atoms with Gasteiger partial charge in [0.15, 0.2) is 5.82 Å². The number of hydrogen-bond acceptors (Lipinski definition) is 5. The van der Waals surface area contributed by atoms with Gasteiger partial charge in [0.2, 0.25) is 0 Å². The maximum Gasteiger partial charge on any atom is 0.259 e. The van der Waals surface area contributed by atoms with Crippen molar-refractivity contribution in [2.75, 3.05) is 6.61 Å². The predicted octanol–water partition coefficient (Wildman–Crippen LogP) is 2.99. The van der Waals surface area contributed by atoms with Gasteiger partial charge in [-0.2, -0.15) is 4.98 Å². The average molecular weight is 278 g/mol. The van der Waals surface area contributed by atoms with Gasteiger partial charge in [-0.15, -0.1) is 11.3 Å². The van der Waals surface area contributed by atoms with E-state index in [2.05, 4.69) is 15.5 Å². The highest BCUT2D eigenvalue weighted by atomic mass is 32.1. The number of rotatable bonds is 3. The van der Waals surface area contributed by atoms with E-state index < -0.39 is 0 Å². The van der Waals surface area contributed by atoms with Gasteiger partial charge >= 0.3 is 0 Å². The standard InChI is InChI=1S/C14H18N2O2S/c17-8-7-13-15-14(18-16-13)11-9-19-12-6-4-2-1-3-5-10(11)12/h9,17H,1-8H2. The summed E-state index contributed by atoms with van der Waals surface area (Å²) in [7, 11) is 0. The van der Waals surface area contributed by atoms with Crippen molar-refractivity contribution in [3.8, 4) is 11.5 Å². The van der Waals surface area contributed by atoms with Crippen molar-refractivity contribution >= 4 is 11.3 Å². The first kappa shape index (κ1) is 12.8. The van der Waals surface area contributed by atoms with Crippen molar-refractivity contribution in [3.05, 3.63) is 21.6 Å². The predicted molar refractivity (Wildman–Crippen MR) is 74.3 cm³/mol. The lowest BCUT2D eigenvalue weighted by Gasteiger charge is -2.09. The Labute approximate surface area is 116 Å². The average Bonchev–Trinajstić information content (AvgIpc) is 2.96. The number of aliphatic hydroxyl groups is 1. The quantitative estimate of drug-likeness (QED) is 0.937. The Morgan fingerprint density at radius 2 is 2.05 bits per heavy atom. The van der Waals surface area contributed by atoms with Crippen LogP contribution >= 0.6 is 11.3 Å². The summed E-state index contributed by atoms with van der Waals surface area (Å²) in [6, 6.07) is 0. The zero-order valence-electron chi connectivity index (χ0n) is 10.9. The van der Waals surface area contributed by atoms with E-state index in [-0.39, 0.29) is 6.61 Å². The molecule has 102 valence electrons. The lowest BCUT2D eigenvalue weighted by Crippen LogP contribution is -1.97. The Kier molecular flexibility index (Phi) is 3.94. The molecule has 2 aromatic rings. The molecular formula is C14H18N2O2S. The molecule has 0 spiro atoms. The highest BCUT2D eigenvalue weighted by molar-refractivity contribution is 7.10. The summed E-state index contributed by atoms with van der Waals surface area (Å²) in [5.41, 5.74) is 2.52. The van der Waals surface area contributed by atoms with Crippen molar-refractivity contribution in [1.29, 1.82) is 0 Å². The zero-order valence-corrected chi connectivity index (χ0v) is 11.7. The minimum Gasteiger partial charge on any atom is -0.396 e. The summed E-state index contributed by atoms with van der Waals surface area (Å²) in [5, 5.41) is 15.0. The van der Waals surface area contributed by atoms with E-state index in [9.17, 15) is 0 Å². The Hall–Kier alpha value is -1.20. The second-order valence-electron chi connectivity index (χ2n) is 4.95. The number of thiophene rings is 1. The molecule has 0 aliphatic heterocycles. The first-order chi connectivity index (χ1) is 9.38. The number of aliphatic hydroxyl groups excluding tert-OH is 1. The highest BCUT2D eigenvalue weighted by Gasteiger charge is 2.19. The fourth-order valence-corrected chi connectivity index (χ4v) is 3.71. The van der Waals surface area contributed by atoms with E-state index in [0.717, 1.165) is 12.0 Å². The highest BCUT2D eigenvalue weighted by Crippen LogP contribution is 2.34. The Morgan fingerprint density at radius 1 is 1.21 bits per heavy atom. The van der Waals surface area contributed by atoms with Crippen LogP contribution in [0.4, 0.5) is 0 Å². The van der Waals surface area contributed by atoms with Crippen LogP contribution in [0.15, 0.2) is 9.90 Å². The smallest absolute Gasteiger partial charge is 0.259 e. The molecule has 0 aromatic carbocycles. The molecule has 3 rings (SSSR count). The molecule has 0 amide bonds. The second-order valence-corrected chi connectivity index (χ2v) is 5.92. The summed E-state index contributed by atoms with van der Waals surface area (Å²) < 4.78 is 5.33. The van der Waals surface area contributed by atoms with Crippen LogP contribution in [0.25, 0.3) is 11.5 Å². The van der Waals surface area contributed by atoms with Crippen LogP contribution in [0, 0.1) is 0 Å². The minimum atomic E-state index is 0.0563. The van der Waals surface area contributed by atoms with Gasteiger partial charge in [-0.05, 0) is 31.2 Å². The number of fused-ring (bicyclic) bond motifs is 1. The normalized spacial score (nSPS) is 15.8. The first-order valence-electron chi connectivity index (χ1n) is 6.91. The fraction of sp³-hybridized carbons (Fsp3) is 0.571. The molecule has 0 unspecified atom stereocenters. The van der Waals surface area contributed by atoms with Crippen LogP contribution in [-0.2, 0) is 19.3 Å². The molecule has 1 N–H and O–H groups in total. The molecule has 19 heavy (non-hydrogen) atoms. The second kappa shape index (κ2) is 5.84. The van der Waals surface area contributed by atoms with Crippen LogP contribution in [0.3, 0.4) is 0 Å². The number of aromatic nitrogens is 2. The fourth-order valence-electron chi connectivity index (χ4n) is 2.59. The van der Waals surface area contributed by atoms with Gasteiger partial charge in [0.25, 0.3) is 5.89 Å². The van der Waals surface area contributed by atoms with Gasteiger partial charge in [0, 0.05) is 16.7 Å². The molecular weight excluding hydrogens is 260 g/mol. The summed E-state index contributed by atoms with van der Waals surface area (Å²) in [4.78, 5) is 5.86. The molecule has 0 saturated heterocycles. The lowest BCUT2D eigenvalue weighted by atomic mass is 9.97. The molecule has 0 radical (unpaired) electrons. The molecule has 5 heteroatoms. The largest absolute Gasteiger partial charge is 0.396 e. The Morgan fingerprint density at radius 3 is 2.89 bits per heavy atom. The summed E-state index contributed by atoms with van der Waals surface area (Å²) >= 11 is 1.81. The molecule has 2 heterocycles. The Bertz CT molecular complexity index is 547. The monoisotopic (exact) mass is 278 g/mol. The summed E-state index contributed by atoms with van der Waals surface area (Å²) in [5.74, 6) is 1.20. The molecule has 4 nitrogen and oxygen atoms in total. The van der Waals surface area contributed by atoms with E-state index in [1.807, 2.05) is 11.3 Å². The molecule has 0 atom stereocenters. The number of aryl methyl sites for hydroxylation is 1. The maximum atomic E-state index is 8.90. The van der Waals surface area contributed by atoms with E-state index in [1.54, 1.807) is 0 Å². The van der Waals surface area contributed by atoms with Crippen molar-refractivity contribution in [2.24, 2.45) is 0 Å². The molecule has 0 fully saturated rings. The van der Waals surface area contributed by atoms with Crippen LogP contribution in [0.5, 0.6) is 0 Å². The van der Waals surface area contributed by atoms with Crippen molar-refractivity contribution in [1.82, 2.24) is 10.1 Å². The van der Waals surface area contributed by atoms with Crippen LogP contribution in [0.1, 0.15) is 41.9 Å². The maximum absolute atomic E-state index is 8.90. The van der Waals surface area contributed by atoms with Gasteiger partial charge in [-0.25, -0.2) is 0 Å². The van der Waals surface area contributed by atoms with Crippen molar-refractivity contribution in [3.63, 3.8) is 0 Å². The van der Waals surface area contributed by atoms with E-state index >= 15 is 0 Å². The van der Waals surface area contributed by atoms with E-state index in [0.29, 0.717) is 18.1 Å². The third-order valence-corrected chi connectivity index (χ3v) is 4.68. The molecule has 1 aliphatic carbocycles. The number of nitrogens with zero attached hydrogens (tertiary/aromatic N) is 2. The minimum absolute atomic E-state index is 0.0563. The lowest BCUT2D eigenvalue weighted by molar-refractivity contribution is 0.293. The summed E-state index contributed by atoms with van der Waals surface area (Å²) in [6.07, 6.45) is 7.93. The topological polar surface area (TPSA) is 59.2 Å². The molecule has 0 saturated carbocycles. The van der Waals surface area contributed by atoms with Gasteiger partial charge in [0.05, 0.1) is 12.2 Å². The summed E-state index contributed by atoms with van der Waals surface area (Å²) in [6.45, 7) is 0.0563. The molecule has 2 aromatic heterocycles. The molecule has 1 aliphatic rings. The van der Waals surface area contributed by atoms with Crippen molar-refractivity contribution < 1.29 is 9.63 Å².